The molecule has 6 heteroatoms. The van der Waals surface area contributed by atoms with E-state index < -0.39 is 17.7 Å². The van der Waals surface area contributed by atoms with Crippen LogP contribution < -0.4 is 5.32 Å². The standard InChI is InChI=1S/C15H13Cl2F2NO/c1-8-4-12(17)14(6-11(8)16)20-7-15(21)10-3-2-9(18)5-13(10)19/h2-6,15,20-21H,7H2,1H3. The second-order valence-electron chi connectivity index (χ2n) is 4.64. The number of hydrogen-bond donors (Lipinski definition) is 2. The quantitative estimate of drug-likeness (QED) is 0.849. The first-order valence-corrected chi connectivity index (χ1v) is 6.96. The van der Waals surface area contributed by atoms with Crippen LogP contribution in [0, 0.1) is 18.6 Å². The number of aryl methyl sites for hydroxylation is 1. The van der Waals surface area contributed by atoms with Crippen LogP contribution in [0.5, 0.6) is 0 Å². The van der Waals surface area contributed by atoms with Crippen molar-refractivity contribution in [3.05, 3.63) is 63.1 Å². The SMILES string of the molecule is Cc1cc(Cl)c(NCC(O)c2ccc(F)cc2F)cc1Cl. The molecule has 0 saturated heterocycles. The molecule has 0 aliphatic heterocycles. The molecule has 2 aromatic carbocycles. The van der Waals surface area contributed by atoms with Gasteiger partial charge in [0.1, 0.15) is 11.6 Å². The highest BCUT2D eigenvalue weighted by Crippen LogP contribution is 2.29. The molecule has 2 nitrogen and oxygen atoms in total. The number of rotatable bonds is 4. The Morgan fingerprint density at radius 1 is 1.14 bits per heavy atom. The van der Waals surface area contributed by atoms with Crippen LogP contribution in [-0.2, 0) is 0 Å². The van der Waals surface area contributed by atoms with E-state index in [1.807, 2.05) is 6.92 Å². The maximum atomic E-state index is 13.5. The first kappa shape index (κ1) is 16.0. The smallest absolute Gasteiger partial charge is 0.131 e. The summed E-state index contributed by atoms with van der Waals surface area (Å²) in [6, 6.07) is 6.36. The third-order valence-electron chi connectivity index (χ3n) is 3.06. The van der Waals surface area contributed by atoms with Gasteiger partial charge in [0.25, 0.3) is 0 Å². The second-order valence-corrected chi connectivity index (χ2v) is 5.46. The van der Waals surface area contributed by atoms with Gasteiger partial charge in [-0.05, 0) is 30.7 Å². The van der Waals surface area contributed by atoms with Crippen molar-refractivity contribution in [2.45, 2.75) is 13.0 Å². The summed E-state index contributed by atoms with van der Waals surface area (Å²) in [6.45, 7) is 1.84. The summed E-state index contributed by atoms with van der Waals surface area (Å²) in [5.74, 6) is -1.48. The van der Waals surface area contributed by atoms with E-state index in [2.05, 4.69) is 5.32 Å². The van der Waals surface area contributed by atoms with Gasteiger partial charge in [0.2, 0.25) is 0 Å². The largest absolute Gasteiger partial charge is 0.386 e. The lowest BCUT2D eigenvalue weighted by molar-refractivity contribution is 0.186. The second kappa shape index (κ2) is 6.60. The van der Waals surface area contributed by atoms with Gasteiger partial charge in [0.05, 0.1) is 16.8 Å². The Kier molecular flexibility index (Phi) is 5.04. The number of anilines is 1. The van der Waals surface area contributed by atoms with Crippen molar-refractivity contribution in [1.29, 1.82) is 0 Å². The van der Waals surface area contributed by atoms with E-state index in [1.54, 1.807) is 12.1 Å². The molecule has 0 amide bonds. The number of nitrogens with one attached hydrogen (secondary N) is 1. The van der Waals surface area contributed by atoms with E-state index in [4.69, 9.17) is 23.2 Å². The fraction of sp³-hybridized carbons (Fsp3) is 0.200. The molecule has 2 N–H and O–H groups in total. The number of aliphatic hydroxyl groups excluding tert-OH is 1. The zero-order valence-corrected chi connectivity index (χ0v) is 12.6. The van der Waals surface area contributed by atoms with Gasteiger partial charge in [-0.3, -0.25) is 0 Å². The summed E-state index contributed by atoms with van der Waals surface area (Å²) in [5, 5.41) is 13.8. The van der Waals surface area contributed by atoms with Crippen LogP contribution in [0.3, 0.4) is 0 Å². The van der Waals surface area contributed by atoms with Crippen LogP contribution in [0.25, 0.3) is 0 Å². The first-order valence-electron chi connectivity index (χ1n) is 6.21. The van der Waals surface area contributed by atoms with Crippen molar-refractivity contribution in [1.82, 2.24) is 0 Å². The minimum atomic E-state index is -1.14. The van der Waals surface area contributed by atoms with Gasteiger partial charge in [0, 0.05) is 23.2 Å². The molecule has 0 aromatic heterocycles. The molecule has 0 radical (unpaired) electrons. The van der Waals surface area contributed by atoms with E-state index in [0.717, 1.165) is 17.7 Å². The average Bonchev–Trinajstić information content (AvgIpc) is 2.41. The molecule has 21 heavy (non-hydrogen) atoms. The van der Waals surface area contributed by atoms with Crippen LogP contribution in [0.2, 0.25) is 10.0 Å². The monoisotopic (exact) mass is 331 g/mol. The van der Waals surface area contributed by atoms with Gasteiger partial charge in [-0.2, -0.15) is 0 Å². The van der Waals surface area contributed by atoms with Crippen molar-refractivity contribution in [2.24, 2.45) is 0 Å². The van der Waals surface area contributed by atoms with Crippen LogP contribution in [0.15, 0.2) is 30.3 Å². The maximum Gasteiger partial charge on any atom is 0.131 e. The lowest BCUT2D eigenvalue weighted by atomic mass is 10.1. The van der Waals surface area contributed by atoms with Gasteiger partial charge >= 0.3 is 0 Å². The zero-order chi connectivity index (χ0) is 15.6. The van der Waals surface area contributed by atoms with Gasteiger partial charge in [-0.15, -0.1) is 0 Å². The molecule has 112 valence electrons. The Balaban J connectivity index is 2.11. The molecule has 0 aliphatic rings. The van der Waals surface area contributed by atoms with Crippen molar-refractivity contribution in [2.75, 3.05) is 11.9 Å². The highest BCUT2D eigenvalue weighted by Gasteiger charge is 2.14. The average molecular weight is 332 g/mol. The summed E-state index contributed by atoms with van der Waals surface area (Å²) in [4.78, 5) is 0. The maximum absolute atomic E-state index is 13.5. The molecule has 0 bridgehead atoms. The topological polar surface area (TPSA) is 32.3 Å². The molecule has 1 unspecified atom stereocenters. The number of hydrogen-bond acceptors (Lipinski definition) is 2. The molecule has 2 aromatic rings. The fourth-order valence-electron chi connectivity index (χ4n) is 1.87. The summed E-state index contributed by atoms with van der Waals surface area (Å²) in [5.41, 5.74) is 1.38. The highest BCUT2D eigenvalue weighted by atomic mass is 35.5. The van der Waals surface area contributed by atoms with Crippen molar-refractivity contribution in [3.63, 3.8) is 0 Å². The van der Waals surface area contributed by atoms with Crippen LogP contribution in [-0.4, -0.2) is 11.7 Å². The van der Waals surface area contributed by atoms with Gasteiger partial charge in [-0.25, -0.2) is 8.78 Å². The minimum absolute atomic E-state index is 0.0123. The number of benzene rings is 2. The highest BCUT2D eigenvalue weighted by molar-refractivity contribution is 6.35. The minimum Gasteiger partial charge on any atom is -0.386 e. The molecule has 1 atom stereocenters. The predicted octanol–water partition coefficient (Wildman–Crippen LogP) is 4.73. The van der Waals surface area contributed by atoms with E-state index in [9.17, 15) is 13.9 Å². The first-order chi connectivity index (χ1) is 9.88. The Labute approximate surface area is 131 Å². The fourth-order valence-corrected chi connectivity index (χ4v) is 2.32. The van der Waals surface area contributed by atoms with E-state index in [1.165, 1.54) is 6.07 Å². The third-order valence-corrected chi connectivity index (χ3v) is 3.78. The summed E-state index contributed by atoms with van der Waals surface area (Å²) in [6.07, 6.45) is -1.14. The van der Waals surface area contributed by atoms with Crippen LogP contribution in [0.1, 0.15) is 17.2 Å². The zero-order valence-electron chi connectivity index (χ0n) is 11.1. The Hall–Kier alpha value is -1.36. The lowest BCUT2D eigenvalue weighted by Crippen LogP contribution is -2.14. The molecular weight excluding hydrogens is 319 g/mol. The third kappa shape index (κ3) is 3.84. The normalized spacial score (nSPS) is 12.3. The van der Waals surface area contributed by atoms with E-state index >= 15 is 0 Å². The number of halogens is 4. The Morgan fingerprint density at radius 2 is 1.86 bits per heavy atom. The van der Waals surface area contributed by atoms with Gasteiger partial charge < -0.3 is 10.4 Å². The molecule has 0 heterocycles. The van der Waals surface area contributed by atoms with Crippen molar-refractivity contribution >= 4 is 28.9 Å². The van der Waals surface area contributed by atoms with Gasteiger partial charge in [-0.1, -0.05) is 29.3 Å². The molecule has 0 fully saturated rings. The van der Waals surface area contributed by atoms with Crippen LogP contribution in [0.4, 0.5) is 14.5 Å². The molecule has 0 spiro atoms. The van der Waals surface area contributed by atoms with Crippen molar-refractivity contribution in [3.8, 4) is 0 Å². The molecule has 2 rings (SSSR count). The number of aliphatic hydroxyl groups is 1. The molecular formula is C15H13Cl2F2NO. The van der Waals surface area contributed by atoms with Crippen molar-refractivity contribution < 1.29 is 13.9 Å². The van der Waals surface area contributed by atoms with Crippen LogP contribution >= 0.6 is 23.2 Å². The predicted molar refractivity (Wildman–Crippen MR) is 81.0 cm³/mol. The van der Waals surface area contributed by atoms with E-state index in [0.29, 0.717) is 15.7 Å². The Bertz CT molecular complexity index is 664. The summed E-state index contributed by atoms with van der Waals surface area (Å²) < 4.78 is 26.4. The molecule has 0 saturated carbocycles. The summed E-state index contributed by atoms with van der Waals surface area (Å²) >= 11 is 12.1. The Morgan fingerprint density at radius 3 is 2.52 bits per heavy atom. The summed E-state index contributed by atoms with van der Waals surface area (Å²) in [7, 11) is 0. The van der Waals surface area contributed by atoms with E-state index in [-0.39, 0.29) is 12.1 Å². The lowest BCUT2D eigenvalue weighted by Gasteiger charge is -2.15. The molecule has 0 aliphatic carbocycles. The van der Waals surface area contributed by atoms with Gasteiger partial charge in [0.15, 0.2) is 0 Å².